The highest BCUT2D eigenvalue weighted by Gasteiger charge is 2.17. The number of hydrogen-bond acceptors (Lipinski definition) is 2. The molecule has 0 aromatic heterocycles. The van der Waals surface area contributed by atoms with Gasteiger partial charge in [-0.1, -0.05) is 32.4 Å². The molecule has 1 atom stereocenters. The van der Waals surface area contributed by atoms with Crippen LogP contribution in [0.4, 0.5) is 4.39 Å². The summed E-state index contributed by atoms with van der Waals surface area (Å²) >= 11 is 9.06. The number of hydrogen-bond donors (Lipinski definition) is 1. The molecule has 0 amide bonds. The third-order valence-electron chi connectivity index (χ3n) is 2.77. The van der Waals surface area contributed by atoms with Crippen LogP contribution in [0, 0.1) is 11.7 Å². The van der Waals surface area contributed by atoms with Gasteiger partial charge in [0, 0.05) is 12.6 Å². The maximum absolute atomic E-state index is 13.5. The quantitative estimate of drug-likeness (QED) is 0.570. The van der Waals surface area contributed by atoms with Crippen LogP contribution >= 0.6 is 27.5 Å². The van der Waals surface area contributed by atoms with Crippen LogP contribution in [0.15, 0.2) is 16.6 Å². The van der Waals surface area contributed by atoms with Crippen molar-refractivity contribution in [1.82, 2.24) is 5.32 Å². The zero-order valence-electron chi connectivity index (χ0n) is 11.5. The van der Waals surface area contributed by atoms with Crippen LogP contribution in [0.2, 0.25) is 5.02 Å². The molecule has 0 saturated carbocycles. The van der Waals surface area contributed by atoms with Crippen molar-refractivity contribution in [3.63, 3.8) is 0 Å². The lowest BCUT2D eigenvalue weighted by atomic mass is 10.1. The fourth-order valence-electron chi connectivity index (χ4n) is 1.59. The summed E-state index contributed by atoms with van der Waals surface area (Å²) in [6, 6.07) is 2.84. The van der Waals surface area contributed by atoms with E-state index in [9.17, 15) is 4.39 Å². The Bertz CT molecular complexity index is 415. The van der Waals surface area contributed by atoms with Gasteiger partial charge in [0.15, 0.2) is 0 Å². The van der Waals surface area contributed by atoms with E-state index in [1.165, 1.54) is 12.1 Å². The van der Waals surface area contributed by atoms with Gasteiger partial charge >= 0.3 is 0 Å². The summed E-state index contributed by atoms with van der Waals surface area (Å²) in [6.07, 6.45) is 1.06. The minimum atomic E-state index is -0.469. The first-order chi connectivity index (χ1) is 8.95. The lowest BCUT2D eigenvalue weighted by Crippen LogP contribution is -2.35. The Kier molecular flexibility index (Phi) is 7.11. The molecular formula is C14H20BrClFNO. The summed E-state index contributed by atoms with van der Waals surface area (Å²) in [6.45, 7) is 7.96. The van der Waals surface area contributed by atoms with Gasteiger partial charge in [-0.15, -0.1) is 0 Å². The molecule has 1 unspecified atom stereocenters. The van der Waals surface area contributed by atoms with E-state index in [1.807, 2.05) is 0 Å². The Balaban J connectivity index is 2.76. The zero-order chi connectivity index (χ0) is 14.4. The Hall–Kier alpha value is -0.320. The second kappa shape index (κ2) is 8.08. The Morgan fingerprint density at radius 3 is 2.68 bits per heavy atom. The minimum absolute atomic E-state index is 0.0107. The van der Waals surface area contributed by atoms with E-state index in [4.69, 9.17) is 16.3 Å². The fraction of sp³-hybridized carbons (Fsp3) is 0.571. The van der Waals surface area contributed by atoms with Gasteiger partial charge in [0.1, 0.15) is 17.7 Å². The van der Waals surface area contributed by atoms with Crippen molar-refractivity contribution in [2.75, 3.05) is 13.1 Å². The summed E-state index contributed by atoms with van der Waals surface area (Å²) < 4.78 is 20.0. The zero-order valence-corrected chi connectivity index (χ0v) is 13.8. The van der Waals surface area contributed by atoms with Crippen molar-refractivity contribution in [2.45, 2.75) is 33.3 Å². The first-order valence-electron chi connectivity index (χ1n) is 6.47. The topological polar surface area (TPSA) is 21.3 Å². The third-order valence-corrected chi connectivity index (χ3v) is 3.68. The molecule has 19 heavy (non-hydrogen) atoms. The second-order valence-electron chi connectivity index (χ2n) is 4.80. The molecule has 0 bridgehead atoms. The molecule has 0 fully saturated rings. The van der Waals surface area contributed by atoms with Gasteiger partial charge in [0.25, 0.3) is 0 Å². The van der Waals surface area contributed by atoms with Gasteiger partial charge in [0.2, 0.25) is 0 Å². The number of nitrogens with one attached hydrogen (secondary N) is 1. The number of benzene rings is 1. The molecule has 1 aromatic rings. The molecule has 1 rings (SSSR count). The maximum Gasteiger partial charge on any atom is 0.145 e. The smallest absolute Gasteiger partial charge is 0.145 e. The summed E-state index contributed by atoms with van der Waals surface area (Å²) in [5.41, 5.74) is 0. The van der Waals surface area contributed by atoms with Crippen LogP contribution < -0.4 is 10.1 Å². The van der Waals surface area contributed by atoms with Crippen molar-refractivity contribution in [3.05, 3.63) is 27.4 Å². The molecule has 0 radical (unpaired) electrons. The van der Waals surface area contributed by atoms with Gasteiger partial charge in [-0.2, -0.15) is 0 Å². The first-order valence-corrected chi connectivity index (χ1v) is 7.64. The highest BCUT2D eigenvalue weighted by Crippen LogP contribution is 2.31. The van der Waals surface area contributed by atoms with Crippen LogP contribution in [0.1, 0.15) is 27.2 Å². The average molecular weight is 353 g/mol. The normalized spacial score (nSPS) is 12.8. The molecule has 0 aliphatic rings. The second-order valence-corrected chi connectivity index (χ2v) is 6.06. The molecule has 0 aliphatic carbocycles. The van der Waals surface area contributed by atoms with Crippen LogP contribution in [0.3, 0.4) is 0 Å². The molecule has 108 valence electrons. The largest absolute Gasteiger partial charge is 0.488 e. The van der Waals surface area contributed by atoms with Crippen molar-refractivity contribution >= 4 is 27.5 Å². The molecule has 1 N–H and O–H groups in total. The van der Waals surface area contributed by atoms with Gasteiger partial charge in [-0.05, 0) is 40.9 Å². The van der Waals surface area contributed by atoms with Crippen molar-refractivity contribution in [2.24, 2.45) is 5.92 Å². The average Bonchev–Trinajstić information content (AvgIpc) is 2.34. The minimum Gasteiger partial charge on any atom is -0.488 e. The molecule has 2 nitrogen and oxygen atoms in total. The highest BCUT2D eigenvalue weighted by molar-refractivity contribution is 9.10. The monoisotopic (exact) mass is 351 g/mol. The Labute approximate surface area is 127 Å². The van der Waals surface area contributed by atoms with E-state index < -0.39 is 5.82 Å². The lowest BCUT2D eigenvalue weighted by Gasteiger charge is -2.24. The summed E-state index contributed by atoms with van der Waals surface area (Å²) in [5.74, 6) is 0.345. The Morgan fingerprint density at radius 2 is 2.11 bits per heavy atom. The van der Waals surface area contributed by atoms with E-state index in [2.05, 4.69) is 42.0 Å². The van der Waals surface area contributed by atoms with Crippen LogP contribution in [0.25, 0.3) is 0 Å². The first kappa shape index (κ1) is 16.7. The molecule has 0 spiro atoms. The van der Waals surface area contributed by atoms with Crippen molar-refractivity contribution < 1.29 is 9.13 Å². The summed E-state index contributed by atoms with van der Waals surface area (Å²) in [4.78, 5) is 0. The molecule has 0 heterocycles. The molecular weight excluding hydrogens is 333 g/mol. The summed E-state index contributed by atoms with van der Waals surface area (Å²) in [5, 5.41) is 3.41. The van der Waals surface area contributed by atoms with E-state index in [-0.39, 0.29) is 11.1 Å². The molecule has 1 aromatic carbocycles. The van der Waals surface area contributed by atoms with Crippen LogP contribution in [-0.4, -0.2) is 19.2 Å². The molecule has 5 heteroatoms. The maximum atomic E-state index is 13.5. The van der Waals surface area contributed by atoms with E-state index in [1.54, 1.807) is 0 Å². The number of ether oxygens (including phenoxy) is 1. The van der Waals surface area contributed by atoms with Gasteiger partial charge in [0.05, 0.1) is 9.50 Å². The molecule has 0 saturated heterocycles. The predicted octanol–water partition coefficient (Wildman–Crippen LogP) is 4.64. The number of halogens is 3. The SMILES string of the molecule is CCCNCC(Oc1cc(F)c(Cl)cc1Br)C(C)C. The lowest BCUT2D eigenvalue weighted by molar-refractivity contribution is 0.147. The van der Waals surface area contributed by atoms with Crippen LogP contribution in [0.5, 0.6) is 5.75 Å². The Morgan fingerprint density at radius 1 is 1.42 bits per heavy atom. The van der Waals surface area contributed by atoms with Gasteiger partial charge in [-0.25, -0.2) is 4.39 Å². The number of rotatable bonds is 7. The summed E-state index contributed by atoms with van der Waals surface area (Å²) in [7, 11) is 0. The predicted molar refractivity (Wildman–Crippen MR) is 81.5 cm³/mol. The third kappa shape index (κ3) is 5.28. The van der Waals surface area contributed by atoms with Gasteiger partial charge in [-0.3, -0.25) is 0 Å². The fourth-order valence-corrected chi connectivity index (χ4v) is 2.32. The molecule has 0 aliphatic heterocycles. The highest BCUT2D eigenvalue weighted by atomic mass is 79.9. The van der Waals surface area contributed by atoms with Gasteiger partial charge < -0.3 is 10.1 Å². The van der Waals surface area contributed by atoms with Crippen molar-refractivity contribution in [3.8, 4) is 5.75 Å². The van der Waals surface area contributed by atoms with E-state index in [0.29, 0.717) is 16.1 Å². The van der Waals surface area contributed by atoms with Crippen LogP contribution in [-0.2, 0) is 0 Å². The van der Waals surface area contributed by atoms with E-state index >= 15 is 0 Å². The van der Waals surface area contributed by atoms with Crippen molar-refractivity contribution in [1.29, 1.82) is 0 Å². The standard InChI is InChI=1S/C14H20BrClFNO/c1-4-5-18-8-14(9(2)3)19-13-7-12(17)11(16)6-10(13)15/h6-7,9,14,18H,4-5,8H2,1-3H3. The van der Waals surface area contributed by atoms with E-state index in [0.717, 1.165) is 19.5 Å².